The van der Waals surface area contributed by atoms with E-state index in [0.717, 1.165) is 37.1 Å². The van der Waals surface area contributed by atoms with Crippen molar-refractivity contribution in [2.24, 2.45) is 16.1 Å². The molecule has 0 aliphatic heterocycles. The monoisotopic (exact) mass is 388 g/mol. The maximum absolute atomic E-state index is 4.65. The SMILES string of the molecule is C=C(C)C[C@@H](C)/C(Cc1cc(CC)ccc1Cc1ccc(C)cc1)=N/N=C(C)C. The number of hydrogen-bond donors (Lipinski definition) is 0. The fourth-order valence-corrected chi connectivity index (χ4v) is 3.47. The lowest BCUT2D eigenvalue weighted by Crippen LogP contribution is -2.16. The lowest BCUT2D eigenvalue weighted by Gasteiger charge is -2.17. The molecular formula is C27H36N2. The van der Waals surface area contributed by atoms with Gasteiger partial charge in [0.1, 0.15) is 0 Å². The van der Waals surface area contributed by atoms with Gasteiger partial charge in [0.25, 0.3) is 0 Å². The third kappa shape index (κ3) is 7.45. The molecule has 2 heteroatoms. The minimum Gasteiger partial charge on any atom is -0.161 e. The van der Waals surface area contributed by atoms with Crippen LogP contribution >= 0.6 is 0 Å². The Hall–Kier alpha value is -2.48. The van der Waals surface area contributed by atoms with Crippen molar-refractivity contribution in [1.29, 1.82) is 0 Å². The second-order valence-corrected chi connectivity index (χ2v) is 8.50. The highest BCUT2D eigenvalue weighted by Gasteiger charge is 2.15. The Labute approximate surface area is 177 Å². The van der Waals surface area contributed by atoms with Crippen LogP contribution in [0.15, 0.2) is 64.8 Å². The van der Waals surface area contributed by atoms with E-state index in [-0.39, 0.29) is 0 Å². The minimum absolute atomic E-state index is 0.327. The molecule has 1 atom stereocenters. The average molecular weight is 389 g/mol. The van der Waals surface area contributed by atoms with Gasteiger partial charge in [-0.15, -0.1) is 6.58 Å². The number of rotatable bonds is 9. The van der Waals surface area contributed by atoms with Crippen molar-refractivity contribution in [2.75, 3.05) is 0 Å². The van der Waals surface area contributed by atoms with Crippen molar-refractivity contribution in [2.45, 2.75) is 67.2 Å². The van der Waals surface area contributed by atoms with E-state index >= 15 is 0 Å². The molecular weight excluding hydrogens is 352 g/mol. The number of aryl methyl sites for hydroxylation is 2. The van der Waals surface area contributed by atoms with Crippen LogP contribution in [0.5, 0.6) is 0 Å². The summed E-state index contributed by atoms with van der Waals surface area (Å²) in [5, 5.41) is 9.04. The van der Waals surface area contributed by atoms with E-state index in [2.05, 4.69) is 86.9 Å². The summed E-state index contributed by atoms with van der Waals surface area (Å²) in [6.07, 6.45) is 3.76. The summed E-state index contributed by atoms with van der Waals surface area (Å²) in [6, 6.07) is 15.8. The fourth-order valence-electron chi connectivity index (χ4n) is 3.47. The van der Waals surface area contributed by atoms with Crippen LogP contribution in [-0.2, 0) is 19.3 Å². The van der Waals surface area contributed by atoms with Crippen LogP contribution in [-0.4, -0.2) is 11.4 Å². The second kappa shape index (κ2) is 10.9. The van der Waals surface area contributed by atoms with E-state index in [9.17, 15) is 0 Å². The lowest BCUT2D eigenvalue weighted by atomic mass is 9.89. The largest absolute Gasteiger partial charge is 0.161 e. The molecule has 29 heavy (non-hydrogen) atoms. The van der Waals surface area contributed by atoms with Crippen molar-refractivity contribution in [3.8, 4) is 0 Å². The quantitative estimate of drug-likeness (QED) is 0.248. The molecule has 0 aliphatic carbocycles. The van der Waals surface area contributed by atoms with Crippen LogP contribution < -0.4 is 0 Å². The zero-order valence-electron chi connectivity index (χ0n) is 19.0. The van der Waals surface area contributed by atoms with E-state index in [1.54, 1.807) is 0 Å². The second-order valence-electron chi connectivity index (χ2n) is 8.50. The smallest absolute Gasteiger partial charge is 0.0480 e. The first-order valence-corrected chi connectivity index (χ1v) is 10.7. The molecule has 154 valence electrons. The van der Waals surface area contributed by atoms with E-state index in [4.69, 9.17) is 0 Å². The highest BCUT2D eigenvalue weighted by atomic mass is 15.2. The molecule has 0 saturated carbocycles. The molecule has 0 N–H and O–H groups in total. The standard InChI is InChI=1S/C27H36N2/c1-8-23-13-14-25(17-24-11-9-21(6)10-12-24)26(16-23)18-27(29-28-20(4)5)22(7)15-19(2)3/h9-14,16,22H,2,8,15,17-18H2,1,3-7H3/b29-27+/t22-/m1/s1. The molecule has 0 heterocycles. The van der Waals surface area contributed by atoms with Gasteiger partial charge in [0.2, 0.25) is 0 Å². The lowest BCUT2D eigenvalue weighted by molar-refractivity contribution is 0.742. The molecule has 2 nitrogen and oxygen atoms in total. The van der Waals surface area contributed by atoms with Gasteiger partial charge >= 0.3 is 0 Å². The van der Waals surface area contributed by atoms with Crippen molar-refractivity contribution >= 4 is 11.4 Å². The fraction of sp³-hybridized carbons (Fsp3) is 0.407. The number of benzene rings is 2. The van der Waals surface area contributed by atoms with Crippen LogP contribution in [0.25, 0.3) is 0 Å². The summed E-state index contributed by atoms with van der Waals surface area (Å²) in [4.78, 5) is 0. The van der Waals surface area contributed by atoms with Crippen LogP contribution in [0.2, 0.25) is 0 Å². The first kappa shape index (κ1) is 22.8. The predicted molar refractivity (Wildman–Crippen MR) is 128 cm³/mol. The Morgan fingerprint density at radius 2 is 1.59 bits per heavy atom. The van der Waals surface area contributed by atoms with Crippen molar-refractivity contribution in [3.05, 3.63) is 82.4 Å². The first-order valence-electron chi connectivity index (χ1n) is 10.7. The molecule has 2 aromatic rings. The molecule has 0 aromatic heterocycles. The van der Waals surface area contributed by atoms with Gasteiger partial charge in [0.15, 0.2) is 0 Å². The van der Waals surface area contributed by atoms with E-state index < -0.39 is 0 Å². The predicted octanol–water partition coefficient (Wildman–Crippen LogP) is 7.13. The van der Waals surface area contributed by atoms with Crippen molar-refractivity contribution in [1.82, 2.24) is 0 Å². The maximum atomic E-state index is 4.65. The van der Waals surface area contributed by atoms with Gasteiger partial charge in [-0.25, -0.2) is 0 Å². The molecule has 0 unspecified atom stereocenters. The van der Waals surface area contributed by atoms with Crippen LogP contribution in [0, 0.1) is 12.8 Å². The summed E-state index contributed by atoms with van der Waals surface area (Å²) >= 11 is 0. The normalized spacial score (nSPS) is 12.6. The highest BCUT2D eigenvalue weighted by molar-refractivity contribution is 5.90. The van der Waals surface area contributed by atoms with Crippen LogP contribution in [0.1, 0.15) is 68.9 Å². The molecule has 0 aliphatic rings. The average Bonchev–Trinajstić information content (AvgIpc) is 2.67. The third-order valence-electron chi connectivity index (χ3n) is 5.17. The van der Waals surface area contributed by atoms with Gasteiger partial charge in [-0.05, 0) is 69.2 Å². The maximum Gasteiger partial charge on any atom is 0.0480 e. The molecule has 0 fully saturated rings. The van der Waals surface area contributed by atoms with E-state index in [0.29, 0.717) is 5.92 Å². The summed E-state index contributed by atoms with van der Waals surface area (Å²) in [5.74, 6) is 0.327. The Kier molecular flexibility index (Phi) is 8.57. The molecule has 0 bridgehead atoms. The number of allylic oxidation sites excluding steroid dienone is 1. The van der Waals surface area contributed by atoms with Gasteiger partial charge in [0.05, 0.1) is 0 Å². The van der Waals surface area contributed by atoms with Gasteiger partial charge in [0, 0.05) is 23.8 Å². The van der Waals surface area contributed by atoms with Crippen molar-refractivity contribution in [3.63, 3.8) is 0 Å². The van der Waals surface area contributed by atoms with Gasteiger partial charge < -0.3 is 0 Å². The zero-order chi connectivity index (χ0) is 21.4. The molecule has 2 rings (SSSR count). The summed E-state index contributed by atoms with van der Waals surface area (Å²) in [7, 11) is 0. The summed E-state index contributed by atoms with van der Waals surface area (Å²) in [5.41, 5.74) is 10.0. The number of hydrogen-bond acceptors (Lipinski definition) is 2. The molecule has 0 amide bonds. The Morgan fingerprint density at radius 1 is 0.931 bits per heavy atom. The van der Waals surface area contributed by atoms with E-state index in [1.165, 1.54) is 33.4 Å². The molecule has 0 saturated heterocycles. The zero-order valence-corrected chi connectivity index (χ0v) is 19.0. The van der Waals surface area contributed by atoms with Gasteiger partial charge in [-0.2, -0.15) is 10.2 Å². The Bertz CT molecular complexity index is 881. The highest BCUT2D eigenvalue weighted by Crippen LogP contribution is 2.22. The minimum atomic E-state index is 0.327. The van der Waals surface area contributed by atoms with Crippen molar-refractivity contribution < 1.29 is 0 Å². The first-order chi connectivity index (χ1) is 13.8. The summed E-state index contributed by atoms with van der Waals surface area (Å²) in [6.45, 7) is 16.7. The third-order valence-corrected chi connectivity index (χ3v) is 5.17. The van der Waals surface area contributed by atoms with Crippen LogP contribution in [0.3, 0.4) is 0 Å². The Morgan fingerprint density at radius 3 is 2.17 bits per heavy atom. The number of nitrogens with zero attached hydrogens (tertiary/aromatic N) is 2. The van der Waals surface area contributed by atoms with Crippen LogP contribution in [0.4, 0.5) is 0 Å². The molecule has 0 spiro atoms. The molecule has 0 radical (unpaired) electrons. The van der Waals surface area contributed by atoms with Gasteiger partial charge in [-0.1, -0.05) is 67.4 Å². The van der Waals surface area contributed by atoms with E-state index in [1.807, 2.05) is 13.8 Å². The Balaban J connectivity index is 2.39. The van der Waals surface area contributed by atoms with Gasteiger partial charge in [-0.3, -0.25) is 0 Å². The topological polar surface area (TPSA) is 24.7 Å². The molecule has 2 aromatic carbocycles. The summed E-state index contributed by atoms with van der Waals surface area (Å²) < 4.78 is 0.